The molecule has 0 spiro atoms. The first-order valence-electron chi connectivity index (χ1n) is 11.8. The lowest BCUT2D eigenvalue weighted by atomic mass is 9.95. The zero-order chi connectivity index (χ0) is 24.4. The minimum absolute atomic E-state index is 0.165. The molecule has 0 atom stereocenters. The summed E-state index contributed by atoms with van der Waals surface area (Å²) in [5.41, 5.74) is 4.32. The van der Waals surface area contributed by atoms with Crippen LogP contribution in [0.1, 0.15) is 56.5 Å². The topological polar surface area (TPSA) is 80.9 Å². The number of benzene rings is 2. The summed E-state index contributed by atoms with van der Waals surface area (Å²) >= 11 is 1.48. The van der Waals surface area contributed by atoms with Gasteiger partial charge in [-0.25, -0.2) is 9.79 Å². The average Bonchev–Trinajstić information content (AvgIpc) is 3.21. The first-order valence-corrected chi connectivity index (χ1v) is 12.6. The zero-order valence-corrected chi connectivity index (χ0v) is 20.5. The van der Waals surface area contributed by atoms with E-state index in [0.29, 0.717) is 27.4 Å². The van der Waals surface area contributed by atoms with Crippen LogP contribution in [0.25, 0.3) is 11.0 Å². The highest BCUT2D eigenvalue weighted by Crippen LogP contribution is 2.40. The number of nitrogens with zero attached hydrogens (tertiary/aromatic N) is 1. The molecule has 35 heavy (non-hydrogen) atoms. The molecular formula is C28H26N2O4S. The molecule has 1 aliphatic rings. The summed E-state index contributed by atoms with van der Waals surface area (Å²) in [6.45, 7) is 4.05. The second-order valence-corrected chi connectivity index (χ2v) is 9.63. The van der Waals surface area contributed by atoms with Crippen molar-refractivity contribution in [2.75, 3.05) is 11.9 Å². The van der Waals surface area contributed by atoms with Crippen molar-refractivity contribution in [3.05, 3.63) is 87.3 Å². The van der Waals surface area contributed by atoms with E-state index in [2.05, 4.69) is 5.32 Å². The molecular weight excluding hydrogens is 460 g/mol. The zero-order valence-electron chi connectivity index (χ0n) is 19.7. The number of para-hydroxylation sites is 1. The van der Waals surface area contributed by atoms with Crippen molar-refractivity contribution in [1.29, 1.82) is 0 Å². The van der Waals surface area contributed by atoms with Crippen LogP contribution in [0.5, 0.6) is 0 Å². The molecule has 6 nitrogen and oxygen atoms in total. The molecule has 1 amide bonds. The summed E-state index contributed by atoms with van der Waals surface area (Å²) in [5, 5.41) is 4.27. The Bertz CT molecular complexity index is 1500. The Kier molecular flexibility index (Phi) is 6.51. The van der Waals surface area contributed by atoms with E-state index in [-0.39, 0.29) is 24.0 Å². The fourth-order valence-corrected chi connectivity index (χ4v) is 5.62. The van der Waals surface area contributed by atoms with Gasteiger partial charge in [0.2, 0.25) is 5.55 Å². The second-order valence-electron chi connectivity index (χ2n) is 8.55. The van der Waals surface area contributed by atoms with Gasteiger partial charge in [0.15, 0.2) is 0 Å². The summed E-state index contributed by atoms with van der Waals surface area (Å²) in [6, 6.07) is 16.9. The number of ether oxygens (including phenoxy) is 1. The molecule has 1 aliphatic carbocycles. The van der Waals surface area contributed by atoms with Gasteiger partial charge in [-0.3, -0.25) is 4.79 Å². The largest absolute Gasteiger partial charge is 0.462 e. The van der Waals surface area contributed by atoms with Gasteiger partial charge in [-0.1, -0.05) is 30.3 Å². The lowest BCUT2D eigenvalue weighted by Gasteiger charge is -2.11. The fourth-order valence-electron chi connectivity index (χ4n) is 4.37. The Labute approximate surface area is 207 Å². The van der Waals surface area contributed by atoms with Crippen molar-refractivity contribution >= 4 is 44.9 Å². The number of fused-ring (bicyclic) bond motifs is 2. The predicted octanol–water partition coefficient (Wildman–Crippen LogP) is 6.34. The molecule has 0 fully saturated rings. The number of esters is 1. The van der Waals surface area contributed by atoms with Crippen LogP contribution in [0.3, 0.4) is 0 Å². The fraction of sp³-hybridized carbons (Fsp3) is 0.250. The van der Waals surface area contributed by atoms with Gasteiger partial charge in [-0.05, 0) is 74.9 Å². The summed E-state index contributed by atoms with van der Waals surface area (Å²) in [7, 11) is 0. The molecule has 7 heteroatoms. The number of carbonyl (C=O) groups excluding carboxylic acids is 2. The van der Waals surface area contributed by atoms with Crippen LogP contribution in [0, 0.1) is 6.92 Å². The number of amides is 1. The highest BCUT2D eigenvalue weighted by Gasteiger charge is 2.27. The van der Waals surface area contributed by atoms with Gasteiger partial charge >= 0.3 is 5.97 Å². The molecule has 4 aromatic rings. The highest BCUT2D eigenvalue weighted by atomic mass is 32.1. The van der Waals surface area contributed by atoms with Crippen molar-refractivity contribution < 1.29 is 18.7 Å². The van der Waals surface area contributed by atoms with Crippen molar-refractivity contribution in [2.24, 2.45) is 4.99 Å². The predicted molar refractivity (Wildman–Crippen MR) is 137 cm³/mol. The number of nitrogens with one attached hydrogen (secondary N) is 1. The van der Waals surface area contributed by atoms with E-state index in [1.807, 2.05) is 55.5 Å². The van der Waals surface area contributed by atoms with Crippen LogP contribution in [-0.2, 0) is 17.6 Å². The maximum atomic E-state index is 13.4. The molecule has 2 heterocycles. The van der Waals surface area contributed by atoms with Gasteiger partial charge in [-0.2, -0.15) is 0 Å². The number of thiophene rings is 1. The van der Waals surface area contributed by atoms with E-state index in [4.69, 9.17) is 14.1 Å². The minimum atomic E-state index is -0.378. The normalized spacial score (nSPS) is 13.5. The minimum Gasteiger partial charge on any atom is -0.462 e. The molecule has 5 rings (SSSR count). The molecule has 0 saturated carbocycles. The number of carbonyl (C=O) groups is 2. The van der Waals surface area contributed by atoms with E-state index >= 15 is 0 Å². The third-order valence-electron chi connectivity index (χ3n) is 6.01. The maximum Gasteiger partial charge on any atom is 0.341 e. The van der Waals surface area contributed by atoms with Crippen molar-refractivity contribution in [1.82, 2.24) is 0 Å². The quantitative estimate of drug-likeness (QED) is 0.334. The Morgan fingerprint density at radius 1 is 1.09 bits per heavy atom. The molecule has 0 radical (unpaired) electrons. The van der Waals surface area contributed by atoms with Crippen LogP contribution < -0.4 is 10.9 Å². The van der Waals surface area contributed by atoms with E-state index < -0.39 is 0 Å². The SMILES string of the molecule is CCOC(=O)c1c(/N=c2\oc3ccccc3cc2C(=O)Nc2cccc(C)c2)sc2c1CCCC2. The Morgan fingerprint density at radius 3 is 2.74 bits per heavy atom. The van der Waals surface area contributed by atoms with Crippen molar-refractivity contribution in [3.63, 3.8) is 0 Å². The summed E-state index contributed by atoms with van der Waals surface area (Å²) in [4.78, 5) is 32.2. The standard InChI is InChI=1S/C28H26N2O4S/c1-3-33-28(32)24-20-12-5-7-14-23(20)35-27(24)30-26-21(16-18-10-4-6-13-22(18)34-26)25(31)29-19-11-8-9-17(2)15-19/h4,6,8-11,13,15-16H,3,5,7,12,14H2,1-2H3,(H,29,31)/b30-26-. The third kappa shape index (κ3) is 4.77. The Balaban J connectivity index is 1.67. The van der Waals surface area contributed by atoms with Gasteiger partial charge in [-0.15, -0.1) is 11.3 Å². The lowest BCUT2D eigenvalue weighted by Crippen LogP contribution is -2.21. The molecule has 2 aromatic carbocycles. The number of aryl methyl sites for hydroxylation is 2. The first kappa shape index (κ1) is 23.1. The Hall–Kier alpha value is -3.71. The van der Waals surface area contributed by atoms with Gasteiger partial charge < -0.3 is 14.5 Å². The van der Waals surface area contributed by atoms with E-state index in [1.54, 1.807) is 13.0 Å². The van der Waals surface area contributed by atoms with E-state index in [9.17, 15) is 9.59 Å². The van der Waals surface area contributed by atoms with Crippen LogP contribution in [0.4, 0.5) is 10.7 Å². The monoisotopic (exact) mass is 486 g/mol. The molecule has 178 valence electrons. The van der Waals surface area contributed by atoms with Crippen LogP contribution in [-0.4, -0.2) is 18.5 Å². The van der Waals surface area contributed by atoms with E-state index in [1.165, 1.54) is 11.3 Å². The molecule has 0 unspecified atom stereocenters. The summed E-state index contributed by atoms with van der Waals surface area (Å²) in [5.74, 6) is -0.708. The molecule has 1 N–H and O–H groups in total. The van der Waals surface area contributed by atoms with Gasteiger partial charge in [0.1, 0.15) is 16.1 Å². The molecule has 0 saturated heterocycles. The first-order chi connectivity index (χ1) is 17.0. The lowest BCUT2D eigenvalue weighted by molar-refractivity contribution is 0.0526. The number of anilines is 1. The molecule has 0 bridgehead atoms. The Morgan fingerprint density at radius 2 is 1.91 bits per heavy atom. The van der Waals surface area contributed by atoms with Crippen LogP contribution >= 0.6 is 11.3 Å². The van der Waals surface area contributed by atoms with E-state index in [0.717, 1.165) is 47.1 Å². The molecule has 0 aliphatic heterocycles. The van der Waals surface area contributed by atoms with Gasteiger partial charge in [0.25, 0.3) is 5.91 Å². The maximum absolute atomic E-state index is 13.4. The van der Waals surface area contributed by atoms with Crippen LogP contribution in [0.2, 0.25) is 0 Å². The third-order valence-corrected chi connectivity index (χ3v) is 7.20. The molecule has 2 aromatic heterocycles. The number of rotatable bonds is 5. The average molecular weight is 487 g/mol. The summed E-state index contributed by atoms with van der Waals surface area (Å²) in [6.07, 6.45) is 3.85. The summed E-state index contributed by atoms with van der Waals surface area (Å²) < 4.78 is 11.5. The van der Waals surface area contributed by atoms with Crippen molar-refractivity contribution in [3.8, 4) is 0 Å². The highest BCUT2D eigenvalue weighted by molar-refractivity contribution is 7.16. The van der Waals surface area contributed by atoms with Crippen LogP contribution in [0.15, 0.2) is 64.0 Å². The van der Waals surface area contributed by atoms with Gasteiger partial charge in [0.05, 0.1) is 12.2 Å². The smallest absolute Gasteiger partial charge is 0.341 e. The van der Waals surface area contributed by atoms with Crippen molar-refractivity contribution in [2.45, 2.75) is 39.5 Å². The number of hydrogen-bond acceptors (Lipinski definition) is 6. The van der Waals surface area contributed by atoms with Gasteiger partial charge in [0, 0.05) is 16.0 Å². The number of hydrogen-bond donors (Lipinski definition) is 1. The second kappa shape index (κ2) is 9.88.